The van der Waals surface area contributed by atoms with E-state index < -0.39 is 0 Å². The Balaban J connectivity index is 2.22. The van der Waals surface area contributed by atoms with Gasteiger partial charge < -0.3 is 10.0 Å². The number of aliphatic hydroxyl groups excluding tert-OH is 1. The van der Waals surface area contributed by atoms with E-state index in [-0.39, 0.29) is 6.61 Å². The van der Waals surface area contributed by atoms with Crippen LogP contribution in [0.4, 0.5) is 5.82 Å². The van der Waals surface area contributed by atoms with E-state index in [1.807, 2.05) is 6.07 Å². The maximum atomic E-state index is 9.05. The fourth-order valence-electron chi connectivity index (χ4n) is 2.35. The van der Waals surface area contributed by atoms with Crippen LogP contribution in [0.2, 0.25) is 0 Å². The zero-order valence-corrected chi connectivity index (χ0v) is 10.3. The SMILES string of the molecule is Cc1cc(CO)cnc1N1CC(C)C(C)C1. The summed E-state index contributed by atoms with van der Waals surface area (Å²) in [5, 5.41) is 9.05. The van der Waals surface area contributed by atoms with Crippen molar-refractivity contribution in [1.29, 1.82) is 0 Å². The third kappa shape index (κ3) is 2.05. The molecule has 0 radical (unpaired) electrons. The van der Waals surface area contributed by atoms with Crippen LogP contribution < -0.4 is 4.90 Å². The number of aliphatic hydroxyl groups is 1. The molecule has 1 aliphatic heterocycles. The molecule has 88 valence electrons. The van der Waals surface area contributed by atoms with Crippen molar-refractivity contribution in [3.8, 4) is 0 Å². The Kier molecular flexibility index (Phi) is 3.15. The fraction of sp³-hybridized carbons (Fsp3) is 0.615. The molecule has 0 spiro atoms. The van der Waals surface area contributed by atoms with Gasteiger partial charge in [-0.1, -0.05) is 13.8 Å². The normalized spacial score (nSPS) is 25.1. The number of aromatic nitrogens is 1. The molecule has 2 heterocycles. The summed E-state index contributed by atoms with van der Waals surface area (Å²) in [7, 11) is 0. The molecular weight excluding hydrogens is 200 g/mol. The molecule has 3 heteroatoms. The average Bonchev–Trinajstić information content (AvgIpc) is 2.58. The van der Waals surface area contributed by atoms with Crippen LogP contribution in [-0.2, 0) is 6.61 Å². The number of rotatable bonds is 2. The molecule has 1 N–H and O–H groups in total. The summed E-state index contributed by atoms with van der Waals surface area (Å²) in [6.45, 7) is 8.90. The predicted molar refractivity (Wildman–Crippen MR) is 65.4 cm³/mol. The summed E-state index contributed by atoms with van der Waals surface area (Å²) < 4.78 is 0. The molecule has 0 saturated carbocycles. The summed E-state index contributed by atoms with van der Waals surface area (Å²) >= 11 is 0. The van der Waals surface area contributed by atoms with E-state index in [4.69, 9.17) is 5.11 Å². The standard InChI is InChI=1S/C13H20N2O/c1-9-4-12(8-16)5-14-13(9)15-6-10(2)11(3)7-15/h4-5,10-11,16H,6-8H2,1-3H3. The van der Waals surface area contributed by atoms with E-state index in [1.165, 1.54) is 0 Å². The van der Waals surface area contributed by atoms with Crippen LogP contribution in [0.25, 0.3) is 0 Å². The molecule has 2 atom stereocenters. The van der Waals surface area contributed by atoms with Crippen LogP contribution in [-0.4, -0.2) is 23.2 Å². The van der Waals surface area contributed by atoms with Gasteiger partial charge in [-0.3, -0.25) is 0 Å². The van der Waals surface area contributed by atoms with Gasteiger partial charge in [0.15, 0.2) is 0 Å². The topological polar surface area (TPSA) is 36.4 Å². The maximum absolute atomic E-state index is 9.05. The third-order valence-corrected chi connectivity index (χ3v) is 3.58. The molecule has 1 aromatic rings. The summed E-state index contributed by atoms with van der Waals surface area (Å²) in [5.74, 6) is 2.55. The van der Waals surface area contributed by atoms with Gasteiger partial charge in [0.1, 0.15) is 5.82 Å². The first-order valence-corrected chi connectivity index (χ1v) is 5.93. The quantitative estimate of drug-likeness (QED) is 0.828. The Bertz CT molecular complexity index is 368. The lowest BCUT2D eigenvalue weighted by Crippen LogP contribution is -2.21. The molecule has 0 bridgehead atoms. The molecule has 1 fully saturated rings. The molecule has 0 aliphatic carbocycles. The Morgan fingerprint density at radius 1 is 1.38 bits per heavy atom. The van der Waals surface area contributed by atoms with Crippen LogP contribution in [0.15, 0.2) is 12.3 Å². The van der Waals surface area contributed by atoms with Gasteiger partial charge in [0.25, 0.3) is 0 Å². The van der Waals surface area contributed by atoms with Crippen molar-refractivity contribution in [2.45, 2.75) is 27.4 Å². The van der Waals surface area contributed by atoms with E-state index in [0.717, 1.165) is 41.9 Å². The third-order valence-electron chi connectivity index (χ3n) is 3.58. The van der Waals surface area contributed by atoms with Crippen LogP contribution in [0.3, 0.4) is 0 Å². The number of anilines is 1. The van der Waals surface area contributed by atoms with Crippen molar-refractivity contribution in [1.82, 2.24) is 4.98 Å². The molecule has 0 amide bonds. The summed E-state index contributed by atoms with van der Waals surface area (Å²) in [4.78, 5) is 6.82. The predicted octanol–water partition coefficient (Wildman–Crippen LogP) is 1.97. The number of hydrogen-bond acceptors (Lipinski definition) is 3. The minimum Gasteiger partial charge on any atom is -0.392 e. The van der Waals surface area contributed by atoms with Gasteiger partial charge in [0.05, 0.1) is 6.61 Å². The number of pyridine rings is 1. The first-order chi connectivity index (χ1) is 7.61. The highest BCUT2D eigenvalue weighted by atomic mass is 16.3. The lowest BCUT2D eigenvalue weighted by atomic mass is 10.0. The van der Waals surface area contributed by atoms with Gasteiger partial charge in [0, 0.05) is 19.3 Å². The molecule has 2 unspecified atom stereocenters. The van der Waals surface area contributed by atoms with Crippen LogP contribution >= 0.6 is 0 Å². The molecule has 16 heavy (non-hydrogen) atoms. The summed E-state index contributed by atoms with van der Waals surface area (Å²) in [6, 6.07) is 2.02. The first kappa shape index (κ1) is 11.4. The average molecular weight is 220 g/mol. The molecule has 3 nitrogen and oxygen atoms in total. The first-order valence-electron chi connectivity index (χ1n) is 5.93. The van der Waals surface area contributed by atoms with E-state index >= 15 is 0 Å². The van der Waals surface area contributed by atoms with Crippen molar-refractivity contribution in [3.63, 3.8) is 0 Å². The number of nitrogens with zero attached hydrogens (tertiary/aromatic N) is 2. The van der Waals surface area contributed by atoms with Gasteiger partial charge in [-0.2, -0.15) is 0 Å². The Morgan fingerprint density at radius 3 is 2.50 bits per heavy atom. The van der Waals surface area contributed by atoms with Crippen LogP contribution in [0, 0.1) is 18.8 Å². The van der Waals surface area contributed by atoms with Crippen LogP contribution in [0.5, 0.6) is 0 Å². The maximum Gasteiger partial charge on any atom is 0.131 e. The molecule has 1 aliphatic rings. The van der Waals surface area contributed by atoms with Gasteiger partial charge in [-0.05, 0) is 36.0 Å². The second kappa shape index (κ2) is 4.42. The van der Waals surface area contributed by atoms with Crippen molar-refractivity contribution < 1.29 is 5.11 Å². The summed E-state index contributed by atoms with van der Waals surface area (Å²) in [5.41, 5.74) is 2.05. The molecular formula is C13H20N2O. The minimum atomic E-state index is 0.0704. The lowest BCUT2D eigenvalue weighted by Gasteiger charge is -2.19. The van der Waals surface area contributed by atoms with Crippen molar-refractivity contribution in [2.24, 2.45) is 11.8 Å². The highest BCUT2D eigenvalue weighted by molar-refractivity contribution is 5.48. The second-order valence-corrected chi connectivity index (χ2v) is 5.00. The molecule has 1 saturated heterocycles. The van der Waals surface area contributed by atoms with E-state index in [2.05, 4.69) is 30.7 Å². The van der Waals surface area contributed by atoms with Crippen LogP contribution in [0.1, 0.15) is 25.0 Å². The molecule has 2 rings (SSSR count). The van der Waals surface area contributed by atoms with Crippen molar-refractivity contribution >= 4 is 5.82 Å². The Hall–Kier alpha value is -1.09. The zero-order chi connectivity index (χ0) is 11.7. The highest BCUT2D eigenvalue weighted by Crippen LogP contribution is 2.28. The van der Waals surface area contributed by atoms with Gasteiger partial charge in [-0.25, -0.2) is 4.98 Å². The number of hydrogen-bond donors (Lipinski definition) is 1. The molecule has 0 aromatic carbocycles. The van der Waals surface area contributed by atoms with Crippen molar-refractivity contribution in [3.05, 3.63) is 23.4 Å². The molecule has 1 aromatic heterocycles. The van der Waals surface area contributed by atoms with Gasteiger partial charge in [0.2, 0.25) is 0 Å². The van der Waals surface area contributed by atoms with Gasteiger partial charge in [-0.15, -0.1) is 0 Å². The van der Waals surface area contributed by atoms with Gasteiger partial charge >= 0.3 is 0 Å². The fourth-order valence-corrected chi connectivity index (χ4v) is 2.35. The lowest BCUT2D eigenvalue weighted by molar-refractivity contribution is 0.281. The largest absolute Gasteiger partial charge is 0.392 e. The zero-order valence-electron chi connectivity index (χ0n) is 10.3. The van der Waals surface area contributed by atoms with E-state index in [9.17, 15) is 0 Å². The van der Waals surface area contributed by atoms with Crippen molar-refractivity contribution in [2.75, 3.05) is 18.0 Å². The summed E-state index contributed by atoms with van der Waals surface area (Å²) in [6.07, 6.45) is 1.77. The smallest absolute Gasteiger partial charge is 0.131 e. The Morgan fingerprint density at radius 2 is 2.00 bits per heavy atom. The minimum absolute atomic E-state index is 0.0704. The Labute approximate surface area is 97.1 Å². The van der Waals surface area contributed by atoms with E-state index in [0.29, 0.717) is 0 Å². The second-order valence-electron chi connectivity index (χ2n) is 5.00. The number of aryl methyl sites for hydroxylation is 1. The van der Waals surface area contributed by atoms with E-state index in [1.54, 1.807) is 6.20 Å². The monoisotopic (exact) mass is 220 g/mol. The highest BCUT2D eigenvalue weighted by Gasteiger charge is 2.27.